The Morgan fingerprint density at radius 3 is 2.64 bits per heavy atom. The van der Waals surface area contributed by atoms with Gasteiger partial charge in [-0.2, -0.15) is 0 Å². The average molecular weight is 373 g/mol. The minimum absolute atomic E-state index is 0.0237. The first-order chi connectivity index (χ1) is 13.7. The lowest BCUT2D eigenvalue weighted by Gasteiger charge is -2.23. The number of rotatable bonds is 1. The van der Waals surface area contributed by atoms with E-state index < -0.39 is 5.41 Å². The number of hydrogen-bond acceptors (Lipinski definition) is 6. The number of ether oxygens (including phenoxy) is 3. The van der Waals surface area contributed by atoms with Crippen LogP contribution >= 0.6 is 0 Å². The summed E-state index contributed by atoms with van der Waals surface area (Å²) >= 11 is 0. The fourth-order valence-electron chi connectivity index (χ4n) is 4.47. The zero-order valence-corrected chi connectivity index (χ0v) is 15.0. The third-order valence-corrected chi connectivity index (χ3v) is 5.75. The van der Waals surface area contributed by atoms with E-state index in [0.29, 0.717) is 17.2 Å². The van der Waals surface area contributed by atoms with Crippen molar-refractivity contribution in [2.24, 2.45) is 0 Å². The molecule has 1 unspecified atom stereocenters. The Kier molecular flexibility index (Phi) is 2.88. The zero-order valence-electron chi connectivity index (χ0n) is 15.0. The summed E-state index contributed by atoms with van der Waals surface area (Å²) in [5.41, 5.74) is 3.42. The molecule has 4 heterocycles. The number of carbonyl (C=O) groups is 1. The second kappa shape index (κ2) is 5.22. The number of fused-ring (bicyclic) bond motifs is 5. The highest BCUT2D eigenvalue weighted by Crippen LogP contribution is 2.56. The van der Waals surface area contributed by atoms with Crippen LogP contribution in [0.1, 0.15) is 11.1 Å². The van der Waals surface area contributed by atoms with Crippen molar-refractivity contribution in [3.8, 4) is 28.4 Å². The van der Waals surface area contributed by atoms with Gasteiger partial charge in [0.1, 0.15) is 24.1 Å². The molecular formula is C21H15N3O4. The van der Waals surface area contributed by atoms with E-state index in [1.165, 1.54) is 6.33 Å². The van der Waals surface area contributed by atoms with E-state index in [4.69, 9.17) is 14.2 Å². The highest BCUT2D eigenvalue weighted by atomic mass is 16.7. The molecule has 0 fully saturated rings. The summed E-state index contributed by atoms with van der Waals surface area (Å²) in [7, 11) is 1.80. The molecular weight excluding hydrogens is 358 g/mol. The van der Waals surface area contributed by atoms with Crippen molar-refractivity contribution in [3.05, 3.63) is 60.2 Å². The Labute approximate surface area is 160 Å². The number of aromatic nitrogens is 2. The number of amides is 1. The van der Waals surface area contributed by atoms with Crippen LogP contribution in [0.3, 0.4) is 0 Å². The van der Waals surface area contributed by atoms with E-state index in [1.54, 1.807) is 24.3 Å². The fraction of sp³-hybridized carbons (Fsp3) is 0.190. The van der Waals surface area contributed by atoms with Gasteiger partial charge in [0.2, 0.25) is 12.7 Å². The lowest BCUT2D eigenvalue weighted by molar-refractivity contribution is -0.121. The molecule has 3 aliphatic heterocycles. The first-order valence-corrected chi connectivity index (χ1v) is 8.94. The van der Waals surface area contributed by atoms with Crippen LogP contribution in [0.4, 0.5) is 5.69 Å². The van der Waals surface area contributed by atoms with E-state index >= 15 is 0 Å². The quantitative estimate of drug-likeness (QED) is 0.653. The summed E-state index contributed by atoms with van der Waals surface area (Å²) in [6.07, 6.45) is 5.01. The van der Waals surface area contributed by atoms with Gasteiger partial charge in [0.05, 0.1) is 0 Å². The van der Waals surface area contributed by atoms with E-state index in [2.05, 4.69) is 9.97 Å². The van der Waals surface area contributed by atoms with Gasteiger partial charge in [-0.3, -0.25) is 4.79 Å². The molecule has 0 saturated heterocycles. The number of nitrogens with zero attached hydrogens (tertiary/aromatic N) is 3. The fourth-order valence-corrected chi connectivity index (χ4v) is 4.47. The minimum atomic E-state index is -0.938. The standard InChI is InChI=1S/C21H15N3O4/c1-24-15-4-2-3-13(12-7-22-10-23-8-12)19(15)21(20(24)25)9-26-16-6-18-17(5-14(16)21)27-11-28-18/h2-8,10H,9,11H2,1H3. The number of likely N-dealkylation sites (N-methyl/N-ethyl adjacent to an activating group) is 1. The van der Waals surface area contributed by atoms with Crippen molar-refractivity contribution in [3.63, 3.8) is 0 Å². The maximum Gasteiger partial charge on any atom is 0.245 e. The largest absolute Gasteiger partial charge is 0.491 e. The zero-order chi connectivity index (χ0) is 18.9. The molecule has 0 saturated carbocycles. The molecule has 3 aliphatic rings. The van der Waals surface area contributed by atoms with Crippen molar-refractivity contribution in [1.82, 2.24) is 9.97 Å². The molecule has 7 nitrogen and oxygen atoms in total. The molecule has 0 radical (unpaired) electrons. The molecule has 28 heavy (non-hydrogen) atoms. The summed E-state index contributed by atoms with van der Waals surface area (Å²) < 4.78 is 17.1. The van der Waals surface area contributed by atoms with Gasteiger partial charge in [-0.1, -0.05) is 12.1 Å². The minimum Gasteiger partial charge on any atom is -0.491 e. The van der Waals surface area contributed by atoms with Crippen molar-refractivity contribution >= 4 is 11.6 Å². The monoisotopic (exact) mass is 373 g/mol. The molecule has 0 bridgehead atoms. The summed E-state index contributed by atoms with van der Waals surface area (Å²) in [5.74, 6) is 1.90. The van der Waals surface area contributed by atoms with Gasteiger partial charge in [-0.15, -0.1) is 0 Å². The molecule has 1 atom stereocenters. The number of hydrogen-bond donors (Lipinski definition) is 0. The van der Waals surface area contributed by atoms with Gasteiger partial charge < -0.3 is 19.1 Å². The maximum absolute atomic E-state index is 13.6. The van der Waals surface area contributed by atoms with E-state index in [9.17, 15) is 4.79 Å². The normalized spacial score (nSPS) is 21.0. The van der Waals surface area contributed by atoms with E-state index in [-0.39, 0.29) is 19.3 Å². The van der Waals surface area contributed by atoms with Crippen molar-refractivity contribution in [1.29, 1.82) is 0 Å². The summed E-state index contributed by atoms with van der Waals surface area (Å²) in [4.78, 5) is 23.6. The van der Waals surface area contributed by atoms with Gasteiger partial charge in [-0.05, 0) is 17.7 Å². The molecule has 3 aromatic rings. The van der Waals surface area contributed by atoms with Gasteiger partial charge in [-0.25, -0.2) is 9.97 Å². The van der Waals surface area contributed by atoms with Crippen LogP contribution in [0.2, 0.25) is 0 Å². The Morgan fingerprint density at radius 1 is 1.04 bits per heavy atom. The molecule has 6 rings (SSSR count). The van der Waals surface area contributed by atoms with Gasteiger partial charge >= 0.3 is 0 Å². The van der Waals surface area contributed by atoms with Crippen molar-refractivity contribution < 1.29 is 19.0 Å². The molecule has 138 valence electrons. The van der Waals surface area contributed by atoms with Crippen LogP contribution in [0, 0.1) is 0 Å². The van der Waals surface area contributed by atoms with E-state index in [1.807, 2.05) is 30.3 Å². The Balaban J connectivity index is 1.66. The Hall–Kier alpha value is -3.61. The summed E-state index contributed by atoms with van der Waals surface area (Å²) in [5, 5.41) is 0. The predicted octanol–water partition coefficient (Wildman–Crippen LogP) is 2.53. The molecule has 0 N–H and O–H groups in total. The van der Waals surface area contributed by atoms with Crippen LogP contribution in [0.15, 0.2) is 49.1 Å². The molecule has 1 spiro atoms. The molecule has 1 aromatic heterocycles. The molecule has 7 heteroatoms. The van der Waals surface area contributed by atoms with E-state index in [0.717, 1.165) is 27.9 Å². The van der Waals surface area contributed by atoms with Gasteiger partial charge in [0.25, 0.3) is 0 Å². The summed E-state index contributed by atoms with van der Waals surface area (Å²) in [6.45, 7) is 0.397. The first-order valence-electron chi connectivity index (χ1n) is 8.94. The smallest absolute Gasteiger partial charge is 0.245 e. The third-order valence-electron chi connectivity index (χ3n) is 5.75. The lowest BCUT2D eigenvalue weighted by Crippen LogP contribution is -2.41. The highest BCUT2D eigenvalue weighted by Gasteiger charge is 2.57. The highest BCUT2D eigenvalue weighted by molar-refractivity contribution is 6.13. The number of anilines is 1. The SMILES string of the molecule is CN1C(=O)C2(COc3cc4c(cc32)OCO4)c2c(-c3cncnc3)cccc21. The van der Waals surface area contributed by atoms with Gasteiger partial charge in [0.15, 0.2) is 11.5 Å². The topological polar surface area (TPSA) is 73.8 Å². The Morgan fingerprint density at radius 2 is 1.82 bits per heavy atom. The van der Waals surface area contributed by atoms with Crippen LogP contribution in [-0.2, 0) is 10.2 Å². The number of benzene rings is 2. The average Bonchev–Trinajstić information content (AvgIpc) is 3.40. The van der Waals surface area contributed by atoms with Crippen molar-refractivity contribution in [2.45, 2.75) is 5.41 Å². The predicted molar refractivity (Wildman–Crippen MR) is 99.7 cm³/mol. The molecule has 1 amide bonds. The third kappa shape index (κ3) is 1.76. The maximum atomic E-state index is 13.6. The van der Waals surface area contributed by atoms with Crippen LogP contribution in [0.25, 0.3) is 11.1 Å². The van der Waals surface area contributed by atoms with Crippen LogP contribution < -0.4 is 19.1 Å². The second-order valence-electron chi connectivity index (χ2n) is 7.09. The lowest BCUT2D eigenvalue weighted by atomic mass is 9.74. The number of carbonyl (C=O) groups excluding carboxylic acids is 1. The molecule has 2 aromatic carbocycles. The summed E-state index contributed by atoms with van der Waals surface area (Å²) in [6, 6.07) is 9.59. The van der Waals surface area contributed by atoms with Crippen LogP contribution in [0.5, 0.6) is 17.2 Å². The Bertz CT molecular complexity index is 1150. The van der Waals surface area contributed by atoms with Gasteiger partial charge in [0, 0.05) is 47.9 Å². The van der Waals surface area contributed by atoms with Crippen LogP contribution in [-0.4, -0.2) is 36.3 Å². The first kappa shape index (κ1) is 15.4. The van der Waals surface area contributed by atoms with Crippen molar-refractivity contribution in [2.75, 3.05) is 25.3 Å². The second-order valence-corrected chi connectivity index (χ2v) is 7.09. The molecule has 0 aliphatic carbocycles.